The molecule has 0 spiro atoms. The van der Waals surface area contributed by atoms with Gasteiger partial charge < -0.3 is 25.1 Å². The van der Waals surface area contributed by atoms with Crippen LogP contribution in [0.3, 0.4) is 0 Å². The van der Waals surface area contributed by atoms with Gasteiger partial charge in [0.05, 0.1) is 24.3 Å². The number of methoxy groups -OCH3 is 1. The highest BCUT2D eigenvalue weighted by Gasteiger charge is 2.68. The molecule has 27 heavy (non-hydrogen) atoms. The van der Waals surface area contributed by atoms with Crippen molar-refractivity contribution in [3.05, 3.63) is 0 Å². The first-order chi connectivity index (χ1) is 12.3. The van der Waals surface area contributed by atoms with E-state index in [-0.39, 0.29) is 49.7 Å². The summed E-state index contributed by atoms with van der Waals surface area (Å²) in [5.74, 6) is 1.58. The van der Waals surface area contributed by atoms with Gasteiger partial charge in [0.15, 0.2) is 0 Å². The van der Waals surface area contributed by atoms with Crippen LogP contribution in [0.4, 0.5) is 0 Å². The van der Waals surface area contributed by atoms with Crippen molar-refractivity contribution in [3.63, 3.8) is 0 Å². The minimum absolute atomic E-state index is 0. The van der Waals surface area contributed by atoms with E-state index in [2.05, 4.69) is 26.1 Å². The van der Waals surface area contributed by atoms with E-state index in [1.54, 1.807) is 7.11 Å². The molecule has 1 saturated heterocycles. The van der Waals surface area contributed by atoms with Gasteiger partial charge in [-0.3, -0.25) is 4.79 Å². The third kappa shape index (κ3) is 3.66. The molecule has 1 amide bonds. The summed E-state index contributed by atoms with van der Waals surface area (Å²) >= 11 is 0. The molecular weight excluding hydrogens is 366 g/mol. The highest BCUT2D eigenvalue weighted by atomic mass is 35.5. The van der Waals surface area contributed by atoms with E-state index >= 15 is 0 Å². The highest BCUT2D eigenvalue weighted by molar-refractivity contribution is 6.47. The molecule has 6 atom stereocenters. The summed E-state index contributed by atoms with van der Waals surface area (Å²) < 4.78 is 18.0. The van der Waals surface area contributed by atoms with Gasteiger partial charge in [0.1, 0.15) is 6.04 Å². The molecule has 5 aliphatic rings. The van der Waals surface area contributed by atoms with Crippen LogP contribution >= 0.6 is 12.4 Å². The molecule has 3 N–H and O–H groups in total. The van der Waals surface area contributed by atoms with Gasteiger partial charge in [-0.1, -0.05) is 26.7 Å². The first-order valence-electron chi connectivity index (χ1n) is 10.1. The molecule has 8 heteroatoms. The Labute approximate surface area is 169 Å². The minimum atomic E-state index is -0.660. The second-order valence-electron chi connectivity index (χ2n) is 9.69. The van der Waals surface area contributed by atoms with Crippen molar-refractivity contribution in [2.75, 3.05) is 13.7 Å². The second-order valence-corrected chi connectivity index (χ2v) is 9.69. The third-order valence-electron chi connectivity index (χ3n) is 7.59. The summed E-state index contributed by atoms with van der Waals surface area (Å²) in [7, 11) is 1.18. The van der Waals surface area contributed by atoms with Crippen LogP contribution in [-0.4, -0.2) is 50.4 Å². The number of hydrogen-bond acceptors (Lipinski definition) is 5. The fourth-order valence-electron chi connectivity index (χ4n) is 5.57. The van der Waals surface area contributed by atoms with Crippen molar-refractivity contribution < 1.29 is 18.8 Å². The number of carbonyl (C=O) groups excluding carboxylic acids is 1. The molecule has 4 saturated carbocycles. The van der Waals surface area contributed by atoms with Crippen LogP contribution in [0.25, 0.3) is 0 Å². The van der Waals surface area contributed by atoms with E-state index < -0.39 is 6.04 Å². The number of nitrogens with two attached hydrogens (primary N) is 1. The van der Waals surface area contributed by atoms with Gasteiger partial charge >= 0.3 is 7.12 Å². The number of halogens is 1. The molecule has 5 fully saturated rings. The van der Waals surface area contributed by atoms with Crippen molar-refractivity contribution in [1.82, 2.24) is 5.32 Å². The number of amides is 1. The van der Waals surface area contributed by atoms with Gasteiger partial charge in [0.25, 0.3) is 0 Å². The molecule has 0 aromatic rings. The Kier molecular flexibility index (Phi) is 5.93. The van der Waals surface area contributed by atoms with Gasteiger partial charge in [-0.2, -0.15) is 0 Å². The van der Waals surface area contributed by atoms with E-state index in [0.29, 0.717) is 17.3 Å². The molecule has 1 aliphatic heterocycles. The second kappa shape index (κ2) is 7.49. The monoisotopic (exact) mass is 400 g/mol. The average molecular weight is 401 g/mol. The largest absolute Gasteiger partial charge is 0.481 e. The lowest BCUT2D eigenvalue weighted by atomic mass is 9.43. The van der Waals surface area contributed by atoms with E-state index in [4.69, 9.17) is 19.8 Å². The number of ether oxygens (including phenoxy) is 1. The molecule has 0 radical (unpaired) electrons. The SMILES string of the molecule is COC[C@@H](N)C(=O)N[C@@H](CC1CC1)B1O[C@@H]2C[C@@H]3C[C@@H](C3(C)C)[C@]2(C)O1.Cl. The van der Waals surface area contributed by atoms with Crippen molar-refractivity contribution in [1.29, 1.82) is 0 Å². The standard InChI is InChI=1S/C19H33BN2O4.ClH/c1-18(2)12-8-14(18)19(3)15(9-12)25-20(26-19)16(7-11-5-6-11)22-17(23)13(21)10-24-4;/h11-16H,5-10,21H2,1-4H3,(H,22,23);1H/t12-,13+,14-,15+,16-,19-;/m0./s1. The Morgan fingerprint density at radius 1 is 1.33 bits per heavy atom. The van der Waals surface area contributed by atoms with Crippen LogP contribution < -0.4 is 11.1 Å². The lowest BCUT2D eigenvalue weighted by Crippen LogP contribution is -2.65. The maximum atomic E-state index is 12.4. The van der Waals surface area contributed by atoms with Crippen LogP contribution in [0.1, 0.15) is 52.9 Å². The Morgan fingerprint density at radius 2 is 2.04 bits per heavy atom. The number of carbonyl (C=O) groups is 1. The Bertz CT molecular complexity index is 576. The zero-order chi connectivity index (χ0) is 18.7. The van der Waals surface area contributed by atoms with Crippen LogP contribution in [0, 0.1) is 23.2 Å². The number of nitrogens with one attached hydrogen (secondary N) is 1. The van der Waals surface area contributed by atoms with Crippen LogP contribution in [-0.2, 0) is 18.8 Å². The first kappa shape index (κ1) is 21.4. The average Bonchev–Trinajstić information content (AvgIpc) is 3.31. The maximum Gasteiger partial charge on any atom is 0.481 e. The molecular formula is C19H34BClN2O4. The van der Waals surface area contributed by atoms with Crippen molar-refractivity contribution in [2.24, 2.45) is 28.9 Å². The quantitative estimate of drug-likeness (QED) is 0.638. The van der Waals surface area contributed by atoms with Gasteiger partial charge in [-0.15, -0.1) is 12.4 Å². The summed E-state index contributed by atoms with van der Waals surface area (Å²) in [4.78, 5) is 12.4. The smallest absolute Gasteiger partial charge is 0.404 e. The lowest BCUT2D eigenvalue weighted by molar-refractivity contribution is -0.199. The van der Waals surface area contributed by atoms with E-state index in [1.807, 2.05) is 0 Å². The first-order valence-corrected chi connectivity index (χ1v) is 10.1. The summed E-state index contributed by atoms with van der Waals surface area (Å²) in [6.07, 6.45) is 5.77. The lowest BCUT2D eigenvalue weighted by Gasteiger charge is -2.64. The van der Waals surface area contributed by atoms with E-state index in [9.17, 15) is 4.79 Å². The fraction of sp³-hybridized carbons (Fsp3) is 0.947. The van der Waals surface area contributed by atoms with E-state index in [1.165, 1.54) is 19.3 Å². The molecule has 4 aliphatic carbocycles. The Balaban J connectivity index is 0.00000210. The zero-order valence-electron chi connectivity index (χ0n) is 16.9. The molecule has 2 bridgehead atoms. The molecule has 0 aromatic carbocycles. The van der Waals surface area contributed by atoms with Gasteiger partial charge in [-0.25, -0.2) is 0 Å². The van der Waals surface area contributed by atoms with Crippen LogP contribution in [0.5, 0.6) is 0 Å². The normalized spacial score (nSPS) is 38.3. The van der Waals surface area contributed by atoms with Crippen LogP contribution in [0.2, 0.25) is 0 Å². The highest BCUT2D eigenvalue weighted by Crippen LogP contribution is 2.65. The predicted octanol–water partition coefficient (Wildman–Crippen LogP) is 1.93. The molecule has 0 aromatic heterocycles. The van der Waals surface area contributed by atoms with Crippen molar-refractivity contribution in [3.8, 4) is 0 Å². The molecule has 6 nitrogen and oxygen atoms in total. The maximum absolute atomic E-state index is 12.4. The minimum Gasteiger partial charge on any atom is -0.404 e. The molecule has 0 unspecified atom stereocenters. The number of rotatable bonds is 7. The van der Waals surface area contributed by atoms with Crippen LogP contribution in [0.15, 0.2) is 0 Å². The summed E-state index contributed by atoms with van der Waals surface area (Å²) in [5, 5.41) is 3.10. The fourth-order valence-corrected chi connectivity index (χ4v) is 5.57. The summed E-state index contributed by atoms with van der Waals surface area (Å²) in [5.41, 5.74) is 5.98. The van der Waals surface area contributed by atoms with E-state index in [0.717, 1.165) is 18.8 Å². The topological polar surface area (TPSA) is 82.8 Å². The Hall–Kier alpha value is -0.335. The van der Waals surface area contributed by atoms with Gasteiger partial charge in [0, 0.05) is 7.11 Å². The molecule has 1 heterocycles. The molecule has 5 rings (SSSR count). The van der Waals surface area contributed by atoms with Crippen molar-refractivity contribution in [2.45, 2.75) is 76.6 Å². The summed E-state index contributed by atoms with van der Waals surface area (Å²) in [6, 6.07) is -0.660. The predicted molar refractivity (Wildman–Crippen MR) is 106 cm³/mol. The van der Waals surface area contributed by atoms with Crippen molar-refractivity contribution >= 4 is 25.4 Å². The Morgan fingerprint density at radius 3 is 2.63 bits per heavy atom. The van der Waals surface area contributed by atoms with Gasteiger partial charge in [0.2, 0.25) is 5.91 Å². The third-order valence-corrected chi connectivity index (χ3v) is 7.59. The summed E-state index contributed by atoms with van der Waals surface area (Å²) in [6.45, 7) is 7.15. The zero-order valence-corrected chi connectivity index (χ0v) is 17.7. The van der Waals surface area contributed by atoms with Gasteiger partial charge in [-0.05, 0) is 49.4 Å². The molecule has 154 valence electrons. The number of hydrogen-bond donors (Lipinski definition) is 2.